The van der Waals surface area contributed by atoms with Gasteiger partial charge in [-0.2, -0.15) is 0 Å². The zero-order valence-corrected chi connectivity index (χ0v) is 11.2. The maximum Gasteiger partial charge on any atom is 0.333 e. The summed E-state index contributed by atoms with van der Waals surface area (Å²) in [4.78, 5) is 30.4. The van der Waals surface area contributed by atoms with Crippen LogP contribution in [0.4, 0.5) is 4.79 Å². The molecular weight excluding hydrogens is 270 g/mol. The number of amides is 3. The van der Waals surface area contributed by atoms with Crippen LogP contribution in [-0.4, -0.2) is 27.9 Å². The van der Waals surface area contributed by atoms with Crippen molar-refractivity contribution in [2.24, 2.45) is 0 Å². The first-order chi connectivity index (χ1) is 10.2. The van der Waals surface area contributed by atoms with Gasteiger partial charge in [0.2, 0.25) is 0 Å². The van der Waals surface area contributed by atoms with Gasteiger partial charge in [-0.05, 0) is 12.8 Å². The second kappa shape index (κ2) is 5.66. The molecule has 0 saturated heterocycles. The average molecular weight is 285 g/mol. The summed E-state index contributed by atoms with van der Waals surface area (Å²) < 4.78 is 0. The summed E-state index contributed by atoms with van der Waals surface area (Å²) in [5.74, 6) is 0.127. The number of nitrogens with zero attached hydrogens (tertiary/aromatic N) is 1. The molecule has 3 rings (SSSR count). The van der Waals surface area contributed by atoms with Gasteiger partial charge in [-0.1, -0.05) is 30.3 Å². The van der Waals surface area contributed by atoms with E-state index in [9.17, 15) is 9.59 Å². The zero-order chi connectivity index (χ0) is 14.7. The molecule has 1 fully saturated rings. The molecule has 108 valence electrons. The smallest absolute Gasteiger partial charge is 0.333 e. The maximum atomic E-state index is 11.9. The highest BCUT2D eigenvalue weighted by molar-refractivity contribution is 5.93. The number of imidazole rings is 1. The first-order valence-corrected chi connectivity index (χ1v) is 6.70. The Balaban J connectivity index is 1.57. The average Bonchev–Trinajstić information content (AvgIpc) is 3.18. The second-order valence-corrected chi connectivity index (χ2v) is 4.83. The summed E-state index contributed by atoms with van der Waals surface area (Å²) in [6.07, 6.45) is 3.47. The molecule has 0 bridgehead atoms. The zero-order valence-electron chi connectivity index (χ0n) is 11.2. The van der Waals surface area contributed by atoms with Crippen LogP contribution in [0.1, 0.15) is 23.3 Å². The fourth-order valence-electron chi connectivity index (χ4n) is 1.81. The maximum absolute atomic E-state index is 11.9. The van der Waals surface area contributed by atoms with E-state index in [1.54, 1.807) is 0 Å². The largest absolute Gasteiger partial charge is 0.344 e. The van der Waals surface area contributed by atoms with Crippen molar-refractivity contribution in [2.75, 3.05) is 0 Å². The Bertz CT molecular complexity index is 648. The second-order valence-electron chi connectivity index (χ2n) is 4.83. The van der Waals surface area contributed by atoms with Gasteiger partial charge in [-0.25, -0.2) is 15.2 Å². The molecule has 0 radical (unpaired) electrons. The van der Waals surface area contributed by atoms with Gasteiger partial charge in [0.15, 0.2) is 0 Å². The van der Waals surface area contributed by atoms with E-state index >= 15 is 0 Å². The molecule has 0 atom stereocenters. The molecule has 3 amide bonds. The lowest BCUT2D eigenvalue weighted by molar-refractivity contribution is 0.0931. The number of benzene rings is 1. The Morgan fingerprint density at radius 2 is 1.90 bits per heavy atom. The molecule has 21 heavy (non-hydrogen) atoms. The number of H-pyrrole nitrogens is 1. The number of aromatic amines is 1. The monoisotopic (exact) mass is 285 g/mol. The van der Waals surface area contributed by atoms with Crippen LogP contribution in [0.2, 0.25) is 0 Å². The molecule has 1 heterocycles. The number of aromatic nitrogens is 2. The van der Waals surface area contributed by atoms with Gasteiger partial charge >= 0.3 is 6.03 Å². The van der Waals surface area contributed by atoms with Gasteiger partial charge in [-0.3, -0.25) is 10.2 Å². The number of hydrazine groups is 1. The number of rotatable bonds is 3. The predicted octanol–water partition coefficient (Wildman–Crippen LogP) is 1.18. The number of nitrogens with one attached hydrogen (secondary N) is 4. The van der Waals surface area contributed by atoms with Crippen LogP contribution in [0.5, 0.6) is 0 Å². The molecule has 1 aliphatic rings. The first kappa shape index (κ1) is 13.2. The molecule has 0 unspecified atom stereocenters. The van der Waals surface area contributed by atoms with E-state index in [1.165, 1.54) is 6.20 Å². The molecule has 1 aliphatic carbocycles. The van der Waals surface area contributed by atoms with Crippen molar-refractivity contribution < 1.29 is 9.59 Å². The van der Waals surface area contributed by atoms with Crippen molar-refractivity contribution in [1.29, 1.82) is 0 Å². The molecule has 0 spiro atoms. The van der Waals surface area contributed by atoms with E-state index in [0.29, 0.717) is 5.82 Å². The van der Waals surface area contributed by atoms with E-state index in [0.717, 1.165) is 18.4 Å². The van der Waals surface area contributed by atoms with Gasteiger partial charge in [0.25, 0.3) is 5.91 Å². The summed E-state index contributed by atoms with van der Waals surface area (Å²) in [5.41, 5.74) is 5.71. The minimum Gasteiger partial charge on any atom is -0.344 e. The van der Waals surface area contributed by atoms with Gasteiger partial charge in [0.1, 0.15) is 11.5 Å². The SMILES string of the molecule is O=C(NNC(=O)c1c[nH]c(-c2ccccc2)n1)NC1CC1. The number of carbonyl (C=O) groups is 2. The predicted molar refractivity (Wildman–Crippen MR) is 76.2 cm³/mol. The van der Waals surface area contributed by atoms with Gasteiger partial charge in [0, 0.05) is 17.8 Å². The Labute approximate surface area is 121 Å². The van der Waals surface area contributed by atoms with Gasteiger partial charge in [-0.15, -0.1) is 0 Å². The van der Waals surface area contributed by atoms with Crippen molar-refractivity contribution in [2.45, 2.75) is 18.9 Å². The molecular formula is C14H15N5O2. The lowest BCUT2D eigenvalue weighted by Crippen LogP contribution is -2.47. The third-order valence-corrected chi connectivity index (χ3v) is 3.06. The van der Waals surface area contributed by atoms with E-state index in [4.69, 9.17) is 0 Å². The van der Waals surface area contributed by atoms with E-state index in [-0.39, 0.29) is 11.7 Å². The molecule has 2 aromatic rings. The molecule has 1 aromatic carbocycles. The van der Waals surface area contributed by atoms with Gasteiger partial charge < -0.3 is 10.3 Å². The third kappa shape index (κ3) is 3.38. The quantitative estimate of drug-likeness (QED) is 0.637. The summed E-state index contributed by atoms with van der Waals surface area (Å²) in [7, 11) is 0. The van der Waals surface area contributed by atoms with E-state index in [1.807, 2.05) is 30.3 Å². The normalized spacial score (nSPS) is 13.5. The number of hydrogen-bond donors (Lipinski definition) is 4. The summed E-state index contributed by atoms with van der Waals surface area (Å²) >= 11 is 0. The van der Waals surface area contributed by atoms with Crippen LogP contribution < -0.4 is 16.2 Å². The fraction of sp³-hybridized carbons (Fsp3) is 0.214. The van der Waals surface area contributed by atoms with Crippen LogP contribution in [0.3, 0.4) is 0 Å². The van der Waals surface area contributed by atoms with Crippen molar-refractivity contribution in [3.8, 4) is 11.4 Å². The summed E-state index contributed by atoms with van der Waals surface area (Å²) in [5, 5.41) is 2.70. The van der Waals surface area contributed by atoms with Crippen LogP contribution in [-0.2, 0) is 0 Å². The molecule has 7 heteroatoms. The molecule has 1 aromatic heterocycles. The molecule has 0 aliphatic heterocycles. The lowest BCUT2D eigenvalue weighted by Gasteiger charge is -2.06. The van der Waals surface area contributed by atoms with Gasteiger partial charge in [0.05, 0.1) is 0 Å². The Morgan fingerprint density at radius 3 is 2.62 bits per heavy atom. The summed E-state index contributed by atoms with van der Waals surface area (Å²) in [6.45, 7) is 0. The van der Waals surface area contributed by atoms with Crippen LogP contribution in [0, 0.1) is 0 Å². The highest BCUT2D eigenvalue weighted by atomic mass is 16.2. The highest BCUT2D eigenvalue weighted by Gasteiger charge is 2.23. The lowest BCUT2D eigenvalue weighted by atomic mass is 10.2. The number of urea groups is 1. The van der Waals surface area contributed by atoms with Crippen molar-refractivity contribution in [1.82, 2.24) is 26.1 Å². The Kier molecular flexibility index (Phi) is 3.55. The number of carbonyl (C=O) groups excluding carboxylic acids is 2. The first-order valence-electron chi connectivity index (χ1n) is 6.70. The van der Waals surface area contributed by atoms with Crippen LogP contribution in [0.25, 0.3) is 11.4 Å². The van der Waals surface area contributed by atoms with Crippen molar-refractivity contribution >= 4 is 11.9 Å². The topological polar surface area (TPSA) is 98.9 Å². The Morgan fingerprint density at radius 1 is 1.14 bits per heavy atom. The van der Waals surface area contributed by atoms with Crippen LogP contribution >= 0.6 is 0 Å². The summed E-state index contributed by atoms with van der Waals surface area (Å²) in [6, 6.07) is 9.29. The Hall–Kier alpha value is -2.83. The third-order valence-electron chi connectivity index (χ3n) is 3.06. The van der Waals surface area contributed by atoms with Crippen molar-refractivity contribution in [3.63, 3.8) is 0 Å². The van der Waals surface area contributed by atoms with Crippen molar-refractivity contribution in [3.05, 3.63) is 42.2 Å². The van der Waals surface area contributed by atoms with E-state index in [2.05, 4.69) is 26.1 Å². The molecule has 7 nitrogen and oxygen atoms in total. The van der Waals surface area contributed by atoms with E-state index < -0.39 is 11.9 Å². The molecule has 1 saturated carbocycles. The minimum absolute atomic E-state index is 0.209. The highest BCUT2D eigenvalue weighted by Crippen LogP contribution is 2.18. The van der Waals surface area contributed by atoms with Crippen LogP contribution in [0.15, 0.2) is 36.5 Å². The minimum atomic E-state index is -0.473. The standard InChI is InChI=1S/C14H15N5O2/c20-13(18-19-14(21)16-10-6-7-10)11-8-15-12(17-11)9-4-2-1-3-5-9/h1-5,8,10H,6-7H2,(H,15,17)(H,18,20)(H2,16,19,21). The molecule has 4 N–H and O–H groups in total. The number of hydrogen-bond acceptors (Lipinski definition) is 3. The fourth-order valence-corrected chi connectivity index (χ4v) is 1.81.